The molecule has 3 N–H and O–H groups in total. The Hall–Kier alpha value is -3.02. The van der Waals surface area contributed by atoms with Crippen LogP contribution in [0.25, 0.3) is 0 Å². The number of anilines is 2. The van der Waals surface area contributed by atoms with Gasteiger partial charge in [0.2, 0.25) is 0 Å². The number of hydrogen-bond donors (Lipinski definition) is 2. The second-order valence-electron chi connectivity index (χ2n) is 5.91. The molecule has 0 radical (unpaired) electrons. The standard InChI is InChI=1S/C21H23N5OS2/c1-4-5-6-17(11-12-22)14-26(18-9-7-16(13-23)8-10-18)21-24-19(15(2)29-21)20(27)25-28-3/h4-12H,14,22H2,1-3H3,(H,25,27)/b5-4-,12-11+,17-6+. The summed E-state index contributed by atoms with van der Waals surface area (Å²) in [5.41, 5.74) is 8.45. The Balaban J connectivity index is 2.50. The summed E-state index contributed by atoms with van der Waals surface area (Å²) < 4.78 is 2.72. The van der Waals surface area contributed by atoms with Crippen molar-refractivity contribution in [2.45, 2.75) is 13.8 Å². The number of amides is 1. The minimum Gasteiger partial charge on any atom is -0.405 e. The molecule has 1 amide bonds. The molecule has 2 rings (SSSR count). The topological polar surface area (TPSA) is 95.0 Å². The Morgan fingerprint density at radius 2 is 2.14 bits per heavy atom. The highest BCUT2D eigenvalue weighted by Crippen LogP contribution is 2.32. The average molecular weight is 426 g/mol. The van der Waals surface area contributed by atoms with Crippen molar-refractivity contribution >= 4 is 40.0 Å². The third-order valence-electron chi connectivity index (χ3n) is 3.89. The average Bonchev–Trinajstić information content (AvgIpc) is 3.11. The van der Waals surface area contributed by atoms with Gasteiger partial charge in [0.1, 0.15) is 5.69 Å². The molecule has 0 aliphatic rings. The maximum absolute atomic E-state index is 12.3. The van der Waals surface area contributed by atoms with Crippen molar-refractivity contribution in [2.24, 2.45) is 5.73 Å². The number of benzene rings is 1. The minimum absolute atomic E-state index is 0.219. The lowest BCUT2D eigenvalue weighted by Gasteiger charge is -2.22. The van der Waals surface area contributed by atoms with Crippen molar-refractivity contribution in [3.63, 3.8) is 0 Å². The molecule has 0 unspecified atom stereocenters. The van der Waals surface area contributed by atoms with Crippen LogP contribution in [0.5, 0.6) is 0 Å². The van der Waals surface area contributed by atoms with Crippen LogP contribution in [0.15, 0.2) is 60.3 Å². The van der Waals surface area contributed by atoms with E-state index < -0.39 is 0 Å². The lowest BCUT2D eigenvalue weighted by molar-refractivity contribution is 0.0980. The third-order valence-corrected chi connectivity index (χ3v) is 5.27. The van der Waals surface area contributed by atoms with Crippen molar-refractivity contribution in [1.29, 1.82) is 5.26 Å². The Labute approximate surface area is 179 Å². The zero-order valence-corrected chi connectivity index (χ0v) is 18.2. The van der Waals surface area contributed by atoms with Crippen LogP contribution in [0.3, 0.4) is 0 Å². The van der Waals surface area contributed by atoms with Gasteiger partial charge in [0.15, 0.2) is 5.13 Å². The molecular formula is C21H23N5OS2. The van der Waals surface area contributed by atoms with Crippen molar-refractivity contribution in [3.8, 4) is 6.07 Å². The maximum atomic E-state index is 12.3. The Bertz CT molecular complexity index is 968. The summed E-state index contributed by atoms with van der Waals surface area (Å²) in [5.74, 6) is -0.219. The maximum Gasteiger partial charge on any atom is 0.280 e. The van der Waals surface area contributed by atoms with Gasteiger partial charge in [-0.25, -0.2) is 4.98 Å². The summed E-state index contributed by atoms with van der Waals surface area (Å²) in [6.07, 6.45) is 11.0. The number of carbonyl (C=O) groups excluding carboxylic acids is 1. The molecule has 6 nitrogen and oxygen atoms in total. The summed E-state index contributed by atoms with van der Waals surface area (Å²) in [6, 6.07) is 9.40. The van der Waals surface area contributed by atoms with Gasteiger partial charge in [-0.1, -0.05) is 30.2 Å². The second-order valence-corrected chi connectivity index (χ2v) is 7.70. The molecule has 8 heteroatoms. The van der Waals surface area contributed by atoms with Gasteiger partial charge in [-0.3, -0.25) is 9.52 Å². The lowest BCUT2D eigenvalue weighted by Crippen LogP contribution is -2.21. The predicted molar refractivity (Wildman–Crippen MR) is 122 cm³/mol. The van der Waals surface area contributed by atoms with Crippen molar-refractivity contribution in [1.82, 2.24) is 9.71 Å². The number of nitrogens with two attached hydrogens (primary N) is 1. The Kier molecular flexibility index (Phi) is 8.52. The number of rotatable bonds is 8. The third kappa shape index (κ3) is 5.98. The largest absolute Gasteiger partial charge is 0.405 e. The van der Waals surface area contributed by atoms with E-state index in [1.165, 1.54) is 29.5 Å². The molecule has 150 valence electrons. The van der Waals surface area contributed by atoms with Gasteiger partial charge in [-0.05, 0) is 56.0 Å². The Morgan fingerprint density at radius 1 is 1.41 bits per heavy atom. The fourth-order valence-electron chi connectivity index (χ4n) is 2.52. The lowest BCUT2D eigenvalue weighted by atomic mass is 10.1. The van der Waals surface area contributed by atoms with E-state index in [0.717, 1.165) is 16.1 Å². The highest BCUT2D eigenvalue weighted by atomic mass is 32.2. The van der Waals surface area contributed by atoms with Crippen molar-refractivity contribution in [2.75, 3.05) is 17.7 Å². The summed E-state index contributed by atoms with van der Waals surface area (Å²) in [6.45, 7) is 4.32. The van der Waals surface area contributed by atoms with E-state index in [-0.39, 0.29) is 5.91 Å². The number of nitrogens with zero attached hydrogens (tertiary/aromatic N) is 3. The van der Waals surface area contributed by atoms with Crippen LogP contribution in [0.2, 0.25) is 0 Å². The van der Waals surface area contributed by atoms with Gasteiger partial charge < -0.3 is 10.6 Å². The minimum atomic E-state index is -0.219. The number of carbonyl (C=O) groups is 1. The van der Waals surface area contributed by atoms with Crippen LogP contribution in [0.4, 0.5) is 10.8 Å². The molecule has 29 heavy (non-hydrogen) atoms. The predicted octanol–water partition coefficient (Wildman–Crippen LogP) is 4.44. The molecule has 0 fully saturated rings. The van der Waals surface area contributed by atoms with Crippen molar-refractivity contribution < 1.29 is 4.79 Å². The number of thiazole rings is 1. The first-order valence-electron chi connectivity index (χ1n) is 8.82. The van der Waals surface area contributed by atoms with Gasteiger partial charge in [0.25, 0.3) is 5.91 Å². The molecule has 1 heterocycles. The second kappa shape index (κ2) is 11.1. The van der Waals surface area contributed by atoms with Crippen LogP contribution in [-0.4, -0.2) is 23.7 Å². The number of aromatic nitrogens is 1. The fourth-order valence-corrected chi connectivity index (χ4v) is 3.73. The van der Waals surface area contributed by atoms with E-state index in [4.69, 9.17) is 11.0 Å². The number of allylic oxidation sites excluding steroid dienone is 3. The summed E-state index contributed by atoms with van der Waals surface area (Å²) >= 11 is 2.68. The molecule has 2 aromatic rings. The zero-order chi connectivity index (χ0) is 21.2. The molecule has 0 saturated heterocycles. The molecule has 1 aromatic carbocycles. The molecule has 0 spiro atoms. The SMILES string of the molecule is C\C=C/C=C(\C=C\N)CN(c1ccc(C#N)cc1)c1nc(C(=O)NSC)c(C)s1. The van der Waals surface area contributed by atoms with Crippen LogP contribution in [0, 0.1) is 18.3 Å². The zero-order valence-electron chi connectivity index (χ0n) is 16.5. The van der Waals surface area contributed by atoms with Crippen LogP contribution >= 0.6 is 23.3 Å². The van der Waals surface area contributed by atoms with E-state index in [9.17, 15) is 4.79 Å². The van der Waals surface area contributed by atoms with E-state index >= 15 is 0 Å². The van der Waals surface area contributed by atoms with E-state index in [1.807, 2.05) is 55.2 Å². The molecule has 0 aliphatic heterocycles. The smallest absolute Gasteiger partial charge is 0.280 e. The first-order valence-corrected chi connectivity index (χ1v) is 10.9. The number of nitrogens with one attached hydrogen (secondary N) is 1. The normalized spacial score (nSPS) is 11.7. The summed E-state index contributed by atoms with van der Waals surface area (Å²) in [4.78, 5) is 19.7. The highest BCUT2D eigenvalue weighted by Gasteiger charge is 2.20. The quantitative estimate of drug-likeness (QED) is 0.479. The molecule has 1 aromatic heterocycles. The summed E-state index contributed by atoms with van der Waals surface area (Å²) in [5, 5.41) is 9.78. The van der Waals surface area contributed by atoms with Gasteiger partial charge in [0, 0.05) is 16.8 Å². The summed E-state index contributed by atoms with van der Waals surface area (Å²) in [7, 11) is 0. The van der Waals surface area contributed by atoms with Gasteiger partial charge in [0.05, 0.1) is 18.2 Å². The van der Waals surface area contributed by atoms with Gasteiger partial charge in [-0.15, -0.1) is 11.3 Å². The first kappa shape index (κ1) is 22.3. The highest BCUT2D eigenvalue weighted by molar-refractivity contribution is 7.97. The first-order chi connectivity index (χ1) is 14.0. The van der Waals surface area contributed by atoms with Crippen LogP contribution < -0.4 is 15.4 Å². The molecule has 0 atom stereocenters. The molecule has 0 bridgehead atoms. The number of hydrogen-bond acceptors (Lipinski definition) is 7. The molecular weight excluding hydrogens is 402 g/mol. The number of aryl methyl sites for hydroxylation is 1. The van der Waals surface area contributed by atoms with Crippen molar-refractivity contribution in [3.05, 3.63) is 76.5 Å². The monoisotopic (exact) mass is 425 g/mol. The van der Waals surface area contributed by atoms with Gasteiger partial charge in [-0.2, -0.15) is 5.26 Å². The van der Waals surface area contributed by atoms with Crippen LogP contribution in [-0.2, 0) is 0 Å². The van der Waals surface area contributed by atoms with E-state index in [0.29, 0.717) is 22.9 Å². The van der Waals surface area contributed by atoms with Gasteiger partial charge >= 0.3 is 0 Å². The van der Waals surface area contributed by atoms with Crippen LogP contribution in [0.1, 0.15) is 27.9 Å². The van der Waals surface area contributed by atoms with E-state index in [2.05, 4.69) is 15.8 Å². The number of nitriles is 1. The van der Waals surface area contributed by atoms with E-state index in [1.54, 1.807) is 18.4 Å². The molecule has 0 saturated carbocycles. The Morgan fingerprint density at radius 3 is 2.72 bits per heavy atom. The molecule has 0 aliphatic carbocycles. The fraction of sp³-hybridized carbons (Fsp3) is 0.190.